The fourth-order valence-corrected chi connectivity index (χ4v) is 0.986. The highest BCUT2D eigenvalue weighted by Crippen LogP contribution is 2.13. The van der Waals surface area contributed by atoms with E-state index in [2.05, 4.69) is 18.4 Å². The number of carboxylic acids is 1. The lowest BCUT2D eigenvalue weighted by Crippen LogP contribution is -2.21. The average molecular weight is 334 g/mol. The third-order valence-corrected chi connectivity index (χ3v) is 1.96. The van der Waals surface area contributed by atoms with Crippen molar-refractivity contribution < 1.29 is 36.0 Å². The Morgan fingerprint density at radius 1 is 1.20 bits per heavy atom. The minimum Gasteiger partial charge on any atom is -0.475 e. The first-order chi connectivity index (χ1) is 8.88. The second-order valence-electron chi connectivity index (χ2n) is 3.05. The van der Waals surface area contributed by atoms with Gasteiger partial charge in [-0.05, 0) is 18.4 Å². The van der Waals surface area contributed by atoms with Crippen LogP contribution in [0.1, 0.15) is 0 Å². The molecule has 1 rings (SSSR count). The molecule has 0 heterocycles. The van der Waals surface area contributed by atoms with E-state index in [0.29, 0.717) is 6.26 Å². The molecule has 0 saturated carbocycles. The van der Waals surface area contributed by atoms with Crippen LogP contribution in [-0.2, 0) is 14.9 Å². The smallest absolute Gasteiger partial charge is 0.475 e. The first kappa shape index (κ1) is 21.0. The molecular weight excluding hydrogens is 321 g/mol. The molecule has 0 radical (unpaired) electrons. The van der Waals surface area contributed by atoms with E-state index in [1.807, 2.05) is 18.2 Å². The Hall–Kier alpha value is -1.26. The summed E-state index contributed by atoms with van der Waals surface area (Å²) in [5.41, 5.74) is 0. The van der Waals surface area contributed by atoms with Gasteiger partial charge in [-0.15, -0.1) is 11.8 Å². The van der Waals surface area contributed by atoms with Crippen LogP contribution in [0, 0.1) is 0 Å². The number of halogens is 3. The van der Waals surface area contributed by atoms with Crippen molar-refractivity contribution >= 4 is 27.8 Å². The van der Waals surface area contributed by atoms with Crippen LogP contribution in [0.15, 0.2) is 35.2 Å². The Bertz CT molecular complexity index is 477. The minimum absolute atomic E-state index is 0.715. The molecule has 116 valence electrons. The molecule has 5 nitrogen and oxygen atoms in total. The highest BCUT2D eigenvalue weighted by Gasteiger charge is 2.38. The Morgan fingerprint density at radius 2 is 1.50 bits per heavy atom. The predicted octanol–water partition coefficient (Wildman–Crippen LogP) is 2.55. The van der Waals surface area contributed by atoms with Gasteiger partial charge < -0.3 is 5.11 Å². The molecule has 0 unspecified atom stereocenters. The maximum Gasteiger partial charge on any atom is 0.490 e. The number of carbonyl (C=O) groups is 1. The normalized spacial score (nSPS) is 10.5. The molecule has 10 heteroatoms. The molecule has 0 atom stereocenters. The van der Waals surface area contributed by atoms with Gasteiger partial charge in [0.1, 0.15) is 0 Å². The Kier molecular flexibility index (Phi) is 10.1. The fourth-order valence-electron chi connectivity index (χ4n) is 0.557. The van der Waals surface area contributed by atoms with Gasteiger partial charge >= 0.3 is 12.1 Å². The summed E-state index contributed by atoms with van der Waals surface area (Å²) >= 11 is 1.77. The maximum absolute atomic E-state index is 10.6. The summed E-state index contributed by atoms with van der Waals surface area (Å²) in [4.78, 5) is 10.2. The number of carboxylic acid groups (broad SMARTS) is 1. The van der Waals surface area contributed by atoms with Gasteiger partial charge in [0.05, 0.1) is 6.26 Å². The molecule has 20 heavy (non-hydrogen) atoms. The zero-order valence-corrected chi connectivity index (χ0v) is 12.1. The van der Waals surface area contributed by atoms with Crippen LogP contribution < -0.4 is 0 Å². The zero-order valence-electron chi connectivity index (χ0n) is 10.5. The van der Waals surface area contributed by atoms with E-state index in [1.54, 1.807) is 11.8 Å². The zero-order chi connectivity index (χ0) is 16.4. The Morgan fingerprint density at radius 3 is 1.65 bits per heavy atom. The van der Waals surface area contributed by atoms with Crippen molar-refractivity contribution in [1.29, 1.82) is 0 Å². The molecule has 0 aromatic heterocycles. The van der Waals surface area contributed by atoms with E-state index in [0.717, 1.165) is 0 Å². The van der Waals surface area contributed by atoms with Gasteiger partial charge in [-0.1, -0.05) is 18.2 Å². The summed E-state index contributed by atoms with van der Waals surface area (Å²) in [6.45, 7) is 0. The number of alkyl halides is 3. The number of hydrogen-bond donors (Lipinski definition) is 2. The van der Waals surface area contributed by atoms with Gasteiger partial charge in [0.25, 0.3) is 10.1 Å². The molecule has 0 aliphatic rings. The number of benzene rings is 1. The number of rotatable bonds is 1. The Balaban J connectivity index is 0. The second kappa shape index (κ2) is 9.61. The molecule has 2 N–H and O–H groups in total. The highest BCUT2D eigenvalue weighted by atomic mass is 32.2. The molecule has 0 aliphatic heterocycles. The van der Waals surface area contributed by atoms with Crippen molar-refractivity contribution in [2.24, 2.45) is 0 Å². The van der Waals surface area contributed by atoms with E-state index < -0.39 is 22.3 Å². The topological polar surface area (TPSA) is 91.7 Å². The van der Waals surface area contributed by atoms with Gasteiger partial charge in [-0.25, -0.2) is 4.79 Å². The standard InChI is InChI=1S/C7H8S.C2HF3O2.CH4O3S/c1-8-7-5-3-2-4-6-7;3-2(4,5)1(6)7;1-5(2,3)4/h2-6H,1H3;(H,6,7);1H3,(H,2,3,4). The van der Waals surface area contributed by atoms with Crippen molar-refractivity contribution in [3.63, 3.8) is 0 Å². The van der Waals surface area contributed by atoms with Crippen LogP contribution in [-0.4, -0.2) is 42.7 Å². The van der Waals surface area contributed by atoms with Gasteiger partial charge in [0, 0.05) is 4.90 Å². The summed E-state index contributed by atoms with van der Waals surface area (Å²) in [5.74, 6) is -2.76. The average Bonchev–Trinajstić information content (AvgIpc) is 2.27. The predicted molar refractivity (Wildman–Crippen MR) is 69.4 cm³/mol. The lowest BCUT2D eigenvalue weighted by molar-refractivity contribution is -0.192. The minimum atomic E-state index is -5.08. The van der Waals surface area contributed by atoms with Crippen molar-refractivity contribution in [1.82, 2.24) is 0 Å². The van der Waals surface area contributed by atoms with E-state index >= 15 is 0 Å². The van der Waals surface area contributed by atoms with Crippen LogP contribution in [0.4, 0.5) is 13.2 Å². The first-order valence-electron chi connectivity index (χ1n) is 4.69. The molecule has 0 aliphatic carbocycles. The van der Waals surface area contributed by atoms with E-state index in [9.17, 15) is 21.6 Å². The third kappa shape index (κ3) is 19.1. The molecule has 1 aromatic carbocycles. The monoisotopic (exact) mass is 334 g/mol. The van der Waals surface area contributed by atoms with Crippen LogP contribution in [0.25, 0.3) is 0 Å². The molecular formula is C10H13F3O5S2. The molecule has 1 aromatic rings. The van der Waals surface area contributed by atoms with Crippen LogP contribution in [0.3, 0.4) is 0 Å². The highest BCUT2D eigenvalue weighted by molar-refractivity contribution is 7.98. The van der Waals surface area contributed by atoms with E-state index in [1.165, 1.54) is 4.90 Å². The second-order valence-corrected chi connectivity index (χ2v) is 5.40. The summed E-state index contributed by atoms with van der Waals surface area (Å²) in [7, 11) is -3.67. The van der Waals surface area contributed by atoms with Crippen LogP contribution in [0.2, 0.25) is 0 Å². The van der Waals surface area contributed by atoms with Crippen molar-refractivity contribution in [2.75, 3.05) is 12.5 Å². The number of hydrogen-bond acceptors (Lipinski definition) is 4. The van der Waals surface area contributed by atoms with Gasteiger partial charge in [-0.3, -0.25) is 4.55 Å². The quantitative estimate of drug-likeness (QED) is 0.606. The van der Waals surface area contributed by atoms with Crippen molar-refractivity contribution in [2.45, 2.75) is 11.1 Å². The van der Waals surface area contributed by atoms with Gasteiger partial charge in [0.2, 0.25) is 0 Å². The lowest BCUT2D eigenvalue weighted by atomic mass is 10.4. The first-order valence-corrected chi connectivity index (χ1v) is 7.76. The SMILES string of the molecule is CS(=O)(=O)O.CSc1ccccc1.O=C(O)C(F)(F)F. The van der Waals surface area contributed by atoms with E-state index in [-0.39, 0.29) is 0 Å². The maximum atomic E-state index is 10.6. The largest absolute Gasteiger partial charge is 0.490 e. The molecule has 0 saturated heterocycles. The summed E-state index contributed by atoms with van der Waals surface area (Å²) in [5, 5.41) is 7.12. The molecule has 0 bridgehead atoms. The number of aliphatic carboxylic acids is 1. The molecule has 0 amide bonds. The van der Waals surface area contributed by atoms with Crippen LogP contribution in [0.5, 0.6) is 0 Å². The fraction of sp³-hybridized carbons (Fsp3) is 0.300. The van der Waals surface area contributed by atoms with Crippen molar-refractivity contribution in [3.05, 3.63) is 30.3 Å². The Labute approximate surface area is 118 Å². The molecule has 0 fully saturated rings. The summed E-state index contributed by atoms with van der Waals surface area (Å²) < 4.78 is 57.6. The lowest BCUT2D eigenvalue weighted by Gasteiger charge is -1.93. The van der Waals surface area contributed by atoms with Crippen molar-refractivity contribution in [3.8, 4) is 0 Å². The van der Waals surface area contributed by atoms with Crippen LogP contribution >= 0.6 is 11.8 Å². The number of thioether (sulfide) groups is 1. The third-order valence-electron chi connectivity index (χ3n) is 1.22. The summed E-state index contributed by atoms with van der Waals surface area (Å²) in [6.07, 6.45) is -2.29. The summed E-state index contributed by atoms with van der Waals surface area (Å²) in [6, 6.07) is 10.3. The van der Waals surface area contributed by atoms with Gasteiger partial charge in [0.15, 0.2) is 0 Å². The van der Waals surface area contributed by atoms with Gasteiger partial charge in [-0.2, -0.15) is 21.6 Å². The molecule has 0 spiro atoms. The van der Waals surface area contributed by atoms with E-state index in [4.69, 9.17) is 14.5 Å².